The summed E-state index contributed by atoms with van der Waals surface area (Å²) in [6.07, 6.45) is 0.600. The van der Waals surface area contributed by atoms with Crippen molar-refractivity contribution in [2.24, 2.45) is 5.92 Å². The Hall–Kier alpha value is -4.33. The van der Waals surface area contributed by atoms with Crippen LogP contribution >= 0.6 is 22.7 Å². The van der Waals surface area contributed by atoms with E-state index >= 15 is 0 Å². The first-order valence-electron chi connectivity index (χ1n) is 16.8. The van der Waals surface area contributed by atoms with Gasteiger partial charge in [-0.05, 0) is 36.3 Å². The van der Waals surface area contributed by atoms with E-state index in [1.54, 1.807) is 23.0 Å². The predicted molar refractivity (Wildman–Crippen MR) is 195 cm³/mol. The highest BCUT2D eigenvalue weighted by Gasteiger charge is 2.31. The van der Waals surface area contributed by atoms with Crippen molar-refractivity contribution in [2.45, 2.75) is 90.1 Å². The van der Waals surface area contributed by atoms with Crippen LogP contribution in [0.3, 0.4) is 0 Å². The molecule has 0 fully saturated rings. The smallest absolute Gasteiger partial charge is 0.407 e. The number of aliphatic hydroxyl groups excluding tert-OH is 1. The number of thiazole rings is 2. The van der Waals surface area contributed by atoms with Gasteiger partial charge >= 0.3 is 12.2 Å². The second-order valence-electron chi connectivity index (χ2n) is 12.8. The number of nitrogens with one attached hydrogen (secondary N) is 3. The molecule has 50 heavy (non-hydrogen) atoms. The lowest BCUT2D eigenvalue weighted by molar-refractivity contribution is -0.125. The summed E-state index contributed by atoms with van der Waals surface area (Å²) in [5.41, 5.74) is 4.40. The second kappa shape index (κ2) is 19.8. The topological polar surface area (TPSA) is 152 Å². The van der Waals surface area contributed by atoms with E-state index in [1.807, 2.05) is 79.9 Å². The lowest BCUT2D eigenvalue weighted by Crippen LogP contribution is -2.56. The molecule has 13 heteroatoms. The summed E-state index contributed by atoms with van der Waals surface area (Å²) < 4.78 is 10.8. The van der Waals surface area contributed by atoms with E-state index in [4.69, 9.17) is 9.47 Å². The maximum Gasteiger partial charge on any atom is 0.407 e. The number of hydrogen-bond donors (Lipinski definition) is 4. The normalized spacial score (nSPS) is 13.7. The number of carbonyl (C=O) groups excluding carboxylic acids is 3. The van der Waals surface area contributed by atoms with Crippen molar-refractivity contribution < 1.29 is 29.0 Å². The molecule has 0 aliphatic rings. The van der Waals surface area contributed by atoms with E-state index in [2.05, 4.69) is 39.8 Å². The molecule has 4 N–H and O–H groups in total. The number of amides is 3. The van der Waals surface area contributed by atoms with Gasteiger partial charge in [0.1, 0.15) is 12.6 Å². The van der Waals surface area contributed by atoms with Gasteiger partial charge in [-0.25, -0.2) is 14.6 Å². The number of aromatic nitrogens is 2. The number of alkyl carbamates (subject to hydrolysis) is 2. The molecule has 4 rings (SSSR count). The van der Waals surface area contributed by atoms with Crippen LogP contribution in [0.25, 0.3) is 0 Å². The van der Waals surface area contributed by atoms with Crippen molar-refractivity contribution in [1.82, 2.24) is 25.9 Å². The zero-order valence-corrected chi connectivity index (χ0v) is 30.5. The fourth-order valence-electron chi connectivity index (χ4n) is 5.28. The van der Waals surface area contributed by atoms with Gasteiger partial charge in [0.05, 0.1) is 39.8 Å². The van der Waals surface area contributed by atoms with E-state index in [1.165, 1.54) is 11.3 Å². The molecule has 2 aromatic carbocycles. The van der Waals surface area contributed by atoms with Gasteiger partial charge in [-0.1, -0.05) is 88.4 Å². The highest BCUT2D eigenvalue weighted by atomic mass is 32.1. The minimum atomic E-state index is -1.07. The largest absolute Gasteiger partial charge is 0.449 e. The predicted octanol–water partition coefficient (Wildman–Crippen LogP) is 6.03. The average Bonchev–Trinajstić information content (AvgIpc) is 3.80. The van der Waals surface area contributed by atoms with Crippen molar-refractivity contribution in [1.29, 1.82) is 0 Å². The number of carbonyl (C=O) groups is 3. The van der Waals surface area contributed by atoms with Crippen molar-refractivity contribution in [2.75, 3.05) is 6.61 Å². The Morgan fingerprint density at radius 1 is 0.840 bits per heavy atom. The number of ether oxygens (including phenoxy) is 2. The fraction of sp³-hybridized carbons (Fsp3) is 0.432. The van der Waals surface area contributed by atoms with Crippen LogP contribution in [0, 0.1) is 5.92 Å². The molecule has 0 saturated carbocycles. The molecule has 0 bridgehead atoms. The standard InChI is InChI=1S/C37H47N5O6S2/c1-24(2)33(42-37(46)47-16-15-28-22-49-35(39-28)25(3)4)34(44)41-31(18-27-13-9-6-10-14-27)32(43)19-29(17-26-11-7-5-8-12-26)40-36(45)48-21-30-20-38-23-50-30/h5-14,20,22-25,29,31-33,43H,15-19,21H2,1-4H3,(H,40,45)(H,41,44)(H,42,46)/t29-,31-,32-,33-/m0/s1. The number of aliphatic hydroxyl groups is 1. The zero-order chi connectivity index (χ0) is 35.9. The summed E-state index contributed by atoms with van der Waals surface area (Å²) in [5, 5.41) is 23.3. The number of hydrogen-bond acceptors (Lipinski definition) is 10. The van der Waals surface area contributed by atoms with Gasteiger partial charge in [0.2, 0.25) is 5.91 Å². The molecule has 3 amide bonds. The van der Waals surface area contributed by atoms with E-state index in [-0.39, 0.29) is 25.6 Å². The molecule has 0 aliphatic heterocycles. The Kier molecular flexibility index (Phi) is 15.2. The van der Waals surface area contributed by atoms with Crippen LogP contribution in [-0.4, -0.2) is 64.0 Å². The Morgan fingerprint density at radius 3 is 2.10 bits per heavy atom. The molecule has 268 valence electrons. The Bertz CT molecular complexity index is 1600. The SMILES string of the molecule is CC(C)c1nc(CCOC(=O)N[C@H](C(=O)N[C@@H](Cc2ccccc2)[C@@H](O)C[C@H](Cc2ccccc2)NC(=O)OCc2cncs2)C(C)C)cs1. The average molecular weight is 722 g/mol. The molecule has 2 heterocycles. The first-order valence-corrected chi connectivity index (χ1v) is 18.6. The molecule has 0 radical (unpaired) electrons. The van der Waals surface area contributed by atoms with Crippen LogP contribution in [0.4, 0.5) is 9.59 Å². The molecule has 0 spiro atoms. The minimum absolute atomic E-state index is 0.0831. The van der Waals surface area contributed by atoms with Gasteiger partial charge in [-0.3, -0.25) is 9.78 Å². The quantitative estimate of drug-likeness (QED) is 0.0973. The van der Waals surface area contributed by atoms with Crippen molar-refractivity contribution in [3.63, 3.8) is 0 Å². The molecule has 4 atom stereocenters. The Labute approximate surface area is 301 Å². The van der Waals surface area contributed by atoms with Gasteiger partial charge < -0.3 is 30.5 Å². The van der Waals surface area contributed by atoms with Gasteiger partial charge in [0.25, 0.3) is 0 Å². The highest BCUT2D eigenvalue weighted by molar-refractivity contribution is 7.09. The lowest BCUT2D eigenvalue weighted by atomic mass is 9.93. The summed E-state index contributed by atoms with van der Waals surface area (Å²) in [6.45, 7) is 8.02. The van der Waals surface area contributed by atoms with Crippen LogP contribution in [0.2, 0.25) is 0 Å². The Balaban J connectivity index is 1.42. The van der Waals surface area contributed by atoms with E-state index in [0.717, 1.165) is 26.7 Å². The van der Waals surface area contributed by atoms with Crippen LogP contribution in [0.5, 0.6) is 0 Å². The first kappa shape index (κ1) is 38.5. The summed E-state index contributed by atoms with van der Waals surface area (Å²) in [4.78, 5) is 48.8. The molecule has 4 aromatic rings. The third kappa shape index (κ3) is 12.8. The minimum Gasteiger partial charge on any atom is -0.449 e. The maximum absolute atomic E-state index is 13.7. The zero-order valence-electron chi connectivity index (χ0n) is 28.9. The number of rotatable bonds is 18. The third-order valence-corrected chi connectivity index (χ3v) is 9.92. The summed E-state index contributed by atoms with van der Waals surface area (Å²) >= 11 is 2.97. The molecule has 0 unspecified atom stereocenters. The van der Waals surface area contributed by atoms with Gasteiger partial charge in [-0.15, -0.1) is 22.7 Å². The summed E-state index contributed by atoms with van der Waals surface area (Å²) in [7, 11) is 0. The van der Waals surface area contributed by atoms with Gasteiger partial charge in [0.15, 0.2) is 0 Å². The van der Waals surface area contributed by atoms with Crippen molar-refractivity contribution >= 4 is 40.8 Å². The molecular weight excluding hydrogens is 675 g/mol. The van der Waals surface area contributed by atoms with Crippen LogP contribution in [-0.2, 0) is 40.1 Å². The summed E-state index contributed by atoms with van der Waals surface area (Å²) in [5.74, 6) is -0.394. The van der Waals surface area contributed by atoms with Crippen molar-refractivity contribution in [3.8, 4) is 0 Å². The van der Waals surface area contributed by atoms with Crippen LogP contribution < -0.4 is 16.0 Å². The van der Waals surface area contributed by atoms with E-state index in [9.17, 15) is 19.5 Å². The number of benzene rings is 2. The van der Waals surface area contributed by atoms with Gasteiger partial charge in [0, 0.05) is 30.0 Å². The maximum atomic E-state index is 13.7. The van der Waals surface area contributed by atoms with E-state index < -0.39 is 42.3 Å². The first-order chi connectivity index (χ1) is 24.1. The molecular formula is C37H47N5O6S2. The fourth-order valence-corrected chi connectivity index (χ4v) is 6.66. The lowest BCUT2D eigenvalue weighted by Gasteiger charge is -2.30. The number of nitrogens with zero attached hydrogens (tertiary/aromatic N) is 2. The highest BCUT2D eigenvalue weighted by Crippen LogP contribution is 2.20. The molecule has 2 aromatic heterocycles. The van der Waals surface area contributed by atoms with E-state index in [0.29, 0.717) is 25.2 Å². The molecule has 0 saturated heterocycles. The van der Waals surface area contributed by atoms with Crippen LogP contribution in [0.1, 0.15) is 66.7 Å². The Morgan fingerprint density at radius 2 is 1.50 bits per heavy atom. The second-order valence-corrected chi connectivity index (χ2v) is 14.6. The summed E-state index contributed by atoms with van der Waals surface area (Å²) in [6, 6.07) is 17.0. The van der Waals surface area contributed by atoms with Gasteiger partial charge in [-0.2, -0.15) is 0 Å². The third-order valence-electron chi connectivity index (χ3n) is 7.97. The van der Waals surface area contributed by atoms with Crippen molar-refractivity contribution in [3.05, 3.63) is 104 Å². The van der Waals surface area contributed by atoms with Crippen LogP contribution in [0.15, 0.2) is 77.8 Å². The monoisotopic (exact) mass is 721 g/mol. The molecule has 11 nitrogen and oxygen atoms in total. The molecule has 0 aliphatic carbocycles.